The van der Waals surface area contributed by atoms with E-state index < -0.39 is 0 Å². The highest BCUT2D eigenvalue weighted by Crippen LogP contribution is 2.12. The fourth-order valence-corrected chi connectivity index (χ4v) is 1.38. The monoisotopic (exact) mass is 287 g/mol. The van der Waals surface area contributed by atoms with Gasteiger partial charge < -0.3 is 19.5 Å². The van der Waals surface area contributed by atoms with E-state index in [-0.39, 0.29) is 19.1 Å². The van der Waals surface area contributed by atoms with E-state index in [0.717, 1.165) is 5.69 Å². The SMILES string of the molecule is COCCOCCOC(=O)CNc1ccc(Cl)cc1. The predicted molar refractivity (Wildman–Crippen MR) is 73.6 cm³/mol. The number of carbonyl (C=O) groups excluding carboxylic acids is 1. The first-order valence-electron chi connectivity index (χ1n) is 5.94. The molecule has 1 aromatic rings. The normalized spacial score (nSPS) is 10.2. The molecule has 0 aliphatic rings. The van der Waals surface area contributed by atoms with Gasteiger partial charge in [-0.05, 0) is 24.3 Å². The summed E-state index contributed by atoms with van der Waals surface area (Å²) in [4.78, 5) is 11.4. The molecule has 0 unspecified atom stereocenters. The molecule has 0 atom stereocenters. The Labute approximate surface area is 117 Å². The van der Waals surface area contributed by atoms with Crippen molar-refractivity contribution in [3.63, 3.8) is 0 Å². The van der Waals surface area contributed by atoms with E-state index in [1.54, 1.807) is 31.4 Å². The number of esters is 1. The molecule has 0 aliphatic heterocycles. The summed E-state index contributed by atoms with van der Waals surface area (Å²) in [6.07, 6.45) is 0. The lowest BCUT2D eigenvalue weighted by molar-refractivity contribution is -0.143. The van der Waals surface area contributed by atoms with E-state index in [9.17, 15) is 4.79 Å². The number of halogens is 1. The number of methoxy groups -OCH3 is 1. The van der Waals surface area contributed by atoms with Crippen molar-refractivity contribution in [2.45, 2.75) is 0 Å². The third-order valence-electron chi connectivity index (χ3n) is 2.20. The van der Waals surface area contributed by atoms with Gasteiger partial charge in [0, 0.05) is 17.8 Å². The minimum Gasteiger partial charge on any atom is -0.462 e. The highest BCUT2D eigenvalue weighted by Gasteiger charge is 2.02. The zero-order chi connectivity index (χ0) is 13.9. The zero-order valence-corrected chi connectivity index (χ0v) is 11.6. The van der Waals surface area contributed by atoms with Gasteiger partial charge in [0.1, 0.15) is 13.2 Å². The number of hydrogen-bond donors (Lipinski definition) is 1. The molecule has 0 aromatic heterocycles. The molecule has 1 N–H and O–H groups in total. The minimum atomic E-state index is -0.328. The van der Waals surface area contributed by atoms with Crippen LogP contribution < -0.4 is 5.32 Å². The molecule has 0 spiro atoms. The van der Waals surface area contributed by atoms with Gasteiger partial charge >= 0.3 is 5.97 Å². The summed E-state index contributed by atoms with van der Waals surface area (Å²) in [5.74, 6) is -0.328. The van der Waals surface area contributed by atoms with Gasteiger partial charge in [-0.1, -0.05) is 11.6 Å². The topological polar surface area (TPSA) is 56.8 Å². The van der Waals surface area contributed by atoms with Crippen LogP contribution in [-0.4, -0.2) is 46.1 Å². The molecule has 6 heteroatoms. The number of nitrogens with one attached hydrogen (secondary N) is 1. The van der Waals surface area contributed by atoms with E-state index in [1.165, 1.54) is 0 Å². The number of anilines is 1. The van der Waals surface area contributed by atoms with Crippen LogP contribution in [0.4, 0.5) is 5.69 Å². The van der Waals surface area contributed by atoms with Crippen molar-refractivity contribution in [1.82, 2.24) is 0 Å². The van der Waals surface area contributed by atoms with Crippen molar-refractivity contribution in [3.8, 4) is 0 Å². The Hall–Kier alpha value is -1.30. The Bertz CT molecular complexity index is 369. The van der Waals surface area contributed by atoms with E-state index >= 15 is 0 Å². The fraction of sp³-hybridized carbons (Fsp3) is 0.462. The Morgan fingerprint density at radius 1 is 1.16 bits per heavy atom. The fourth-order valence-electron chi connectivity index (χ4n) is 1.25. The molecule has 0 heterocycles. The molecule has 5 nitrogen and oxygen atoms in total. The number of carbonyl (C=O) groups is 1. The summed E-state index contributed by atoms with van der Waals surface area (Å²) in [5, 5.41) is 3.59. The summed E-state index contributed by atoms with van der Waals surface area (Å²) in [7, 11) is 1.60. The van der Waals surface area contributed by atoms with Crippen molar-refractivity contribution >= 4 is 23.3 Å². The van der Waals surface area contributed by atoms with Crippen molar-refractivity contribution in [2.75, 3.05) is 45.4 Å². The maximum atomic E-state index is 11.4. The highest BCUT2D eigenvalue weighted by molar-refractivity contribution is 6.30. The van der Waals surface area contributed by atoms with Gasteiger partial charge in [-0.3, -0.25) is 4.79 Å². The Morgan fingerprint density at radius 3 is 2.53 bits per heavy atom. The van der Waals surface area contributed by atoms with Gasteiger partial charge in [-0.15, -0.1) is 0 Å². The lowest BCUT2D eigenvalue weighted by Gasteiger charge is -2.07. The van der Waals surface area contributed by atoms with E-state index in [1.807, 2.05) is 0 Å². The van der Waals surface area contributed by atoms with Crippen LogP contribution in [0.3, 0.4) is 0 Å². The summed E-state index contributed by atoms with van der Waals surface area (Å²) in [6.45, 7) is 1.75. The molecule has 0 saturated carbocycles. The van der Waals surface area contributed by atoms with Gasteiger partial charge in [0.25, 0.3) is 0 Å². The van der Waals surface area contributed by atoms with Crippen LogP contribution in [0.25, 0.3) is 0 Å². The largest absolute Gasteiger partial charge is 0.462 e. The van der Waals surface area contributed by atoms with Gasteiger partial charge in [-0.25, -0.2) is 0 Å². The van der Waals surface area contributed by atoms with Crippen LogP contribution in [0.5, 0.6) is 0 Å². The second-order valence-corrected chi connectivity index (χ2v) is 4.12. The molecule has 19 heavy (non-hydrogen) atoms. The first-order valence-corrected chi connectivity index (χ1v) is 6.32. The van der Waals surface area contributed by atoms with E-state index in [0.29, 0.717) is 24.8 Å². The lowest BCUT2D eigenvalue weighted by Crippen LogP contribution is -2.19. The average molecular weight is 288 g/mol. The quantitative estimate of drug-likeness (QED) is 0.556. The smallest absolute Gasteiger partial charge is 0.325 e. The predicted octanol–water partition coefficient (Wildman–Crippen LogP) is 1.96. The molecule has 0 radical (unpaired) electrons. The Balaban J connectivity index is 2.06. The van der Waals surface area contributed by atoms with E-state index in [4.69, 9.17) is 25.8 Å². The maximum Gasteiger partial charge on any atom is 0.325 e. The molecule has 0 bridgehead atoms. The van der Waals surface area contributed by atoms with Crippen LogP contribution in [0.15, 0.2) is 24.3 Å². The standard InChI is InChI=1S/C13H18ClNO4/c1-17-6-7-18-8-9-19-13(16)10-15-12-4-2-11(14)3-5-12/h2-5,15H,6-10H2,1H3. The Morgan fingerprint density at radius 2 is 1.84 bits per heavy atom. The van der Waals surface area contributed by atoms with Crippen molar-refractivity contribution < 1.29 is 19.0 Å². The van der Waals surface area contributed by atoms with Crippen molar-refractivity contribution in [2.24, 2.45) is 0 Å². The average Bonchev–Trinajstić information content (AvgIpc) is 2.42. The van der Waals surface area contributed by atoms with E-state index in [2.05, 4.69) is 5.32 Å². The Kier molecular flexibility index (Phi) is 7.97. The molecule has 1 rings (SSSR count). The summed E-state index contributed by atoms with van der Waals surface area (Å²) in [6, 6.07) is 7.09. The van der Waals surface area contributed by atoms with Crippen molar-refractivity contribution in [1.29, 1.82) is 0 Å². The molecular formula is C13H18ClNO4. The van der Waals surface area contributed by atoms with Gasteiger partial charge in [0.05, 0.1) is 19.8 Å². The van der Waals surface area contributed by atoms with Crippen LogP contribution >= 0.6 is 11.6 Å². The minimum absolute atomic E-state index is 0.111. The van der Waals surface area contributed by atoms with Crippen LogP contribution in [-0.2, 0) is 19.0 Å². The van der Waals surface area contributed by atoms with Gasteiger partial charge in [-0.2, -0.15) is 0 Å². The molecule has 0 saturated heterocycles. The van der Waals surface area contributed by atoms with Gasteiger partial charge in [0.2, 0.25) is 0 Å². The first kappa shape index (κ1) is 15.8. The second-order valence-electron chi connectivity index (χ2n) is 3.69. The highest BCUT2D eigenvalue weighted by atomic mass is 35.5. The lowest BCUT2D eigenvalue weighted by atomic mass is 10.3. The van der Waals surface area contributed by atoms with Crippen LogP contribution in [0.2, 0.25) is 5.02 Å². The molecule has 0 fully saturated rings. The first-order chi connectivity index (χ1) is 9.22. The molecule has 106 valence electrons. The molecule has 0 aliphatic carbocycles. The summed E-state index contributed by atoms with van der Waals surface area (Å²) in [5.41, 5.74) is 0.817. The van der Waals surface area contributed by atoms with Gasteiger partial charge in [0.15, 0.2) is 0 Å². The summed E-state index contributed by atoms with van der Waals surface area (Å²) >= 11 is 5.75. The molecular weight excluding hydrogens is 270 g/mol. The van der Waals surface area contributed by atoms with Crippen LogP contribution in [0.1, 0.15) is 0 Å². The molecule has 1 aromatic carbocycles. The summed E-state index contributed by atoms with van der Waals surface area (Å²) < 4.78 is 15.0. The second kappa shape index (κ2) is 9.61. The van der Waals surface area contributed by atoms with Crippen molar-refractivity contribution in [3.05, 3.63) is 29.3 Å². The third-order valence-corrected chi connectivity index (χ3v) is 2.46. The number of benzene rings is 1. The molecule has 0 amide bonds. The zero-order valence-electron chi connectivity index (χ0n) is 10.9. The third kappa shape index (κ3) is 7.66. The number of rotatable bonds is 9. The maximum absolute atomic E-state index is 11.4. The number of ether oxygens (including phenoxy) is 3. The number of hydrogen-bond acceptors (Lipinski definition) is 5. The van der Waals surface area contributed by atoms with Crippen LogP contribution in [0, 0.1) is 0 Å².